The molecule has 16 heavy (non-hydrogen) atoms. The lowest BCUT2D eigenvalue weighted by Gasteiger charge is -2.29. The van der Waals surface area contributed by atoms with Crippen molar-refractivity contribution < 1.29 is 9.53 Å². The molecule has 0 saturated carbocycles. The minimum absolute atomic E-state index is 0.220. The van der Waals surface area contributed by atoms with Crippen molar-refractivity contribution in [1.29, 1.82) is 0 Å². The quantitative estimate of drug-likeness (QED) is 0.712. The Morgan fingerprint density at radius 2 is 1.94 bits per heavy atom. The van der Waals surface area contributed by atoms with Crippen LogP contribution in [-0.2, 0) is 9.53 Å². The van der Waals surface area contributed by atoms with Gasteiger partial charge < -0.3 is 9.64 Å². The van der Waals surface area contributed by atoms with Crippen LogP contribution in [0.3, 0.4) is 0 Å². The number of hydrogen-bond donors (Lipinski definition) is 1. The van der Waals surface area contributed by atoms with E-state index < -0.39 is 0 Å². The molecule has 0 unspecified atom stereocenters. The van der Waals surface area contributed by atoms with Gasteiger partial charge in [-0.2, -0.15) is 0 Å². The molecule has 0 atom stereocenters. The highest BCUT2D eigenvalue weighted by Crippen LogP contribution is 2.03. The van der Waals surface area contributed by atoms with Gasteiger partial charge in [-0.05, 0) is 12.8 Å². The van der Waals surface area contributed by atoms with Gasteiger partial charge in [-0.1, -0.05) is 6.42 Å². The maximum atomic E-state index is 12.0. The Morgan fingerprint density at radius 1 is 1.12 bits per heavy atom. The zero-order valence-corrected chi connectivity index (χ0v) is 9.78. The Balaban J connectivity index is 1.76. The van der Waals surface area contributed by atoms with Crippen molar-refractivity contribution in [3.8, 4) is 0 Å². The molecule has 0 bridgehead atoms. The highest BCUT2D eigenvalue weighted by atomic mass is 16.5. The first-order chi connectivity index (χ1) is 7.86. The van der Waals surface area contributed by atoms with Crippen LogP contribution >= 0.6 is 0 Å². The molecule has 0 radical (unpaired) electrons. The van der Waals surface area contributed by atoms with Crippen LogP contribution in [0.25, 0.3) is 0 Å². The van der Waals surface area contributed by atoms with Gasteiger partial charge in [0.15, 0.2) is 0 Å². The number of ether oxygens (including phenoxy) is 1. The maximum Gasteiger partial charge on any atom is 0.238 e. The molecule has 92 valence electrons. The second kappa shape index (κ2) is 6.18. The SMILES string of the molecule is O=C(CN1CCCCCN1)N1CCOCC1. The Morgan fingerprint density at radius 3 is 2.75 bits per heavy atom. The molecule has 0 aromatic heterocycles. The first kappa shape index (κ1) is 11.8. The highest BCUT2D eigenvalue weighted by molar-refractivity contribution is 5.78. The molecule has 0 aliphatic carbocycles. The first-order valence-corrected chi connectivity index (χ1v) is 6.20. The number of morpholine rings is 1. The zero-order chi connectivity index (χ0) is 11.2. The van der Waals surface area contributed by atoms with Gasteiger partial charge in [0, 0.05) is 26.2 Å². The standard InChI is InChI=1S/C11H21N3O2/c15-11(13-6-8-16-9-7-13)10-14-5-3-1-2-4-12-14/h12H,1-10H2. The van der Waals surface area contributed by atoms with Crippen molar-refractivity contribution in [2.45, 2.75) is 19.3 Å². The van der Waals surface area contributed by atoms with Crippen LogP contribution in [0.5, 0.6) is 0 Å². The molecule has 5 nitrogen and oxygen atoms in total. The number of nitrogens with one attached hydrogen (secondary N) is 1. The molecule has 2 heterocycles. The van der Waals surface area contributed by atoms with Gasteiger partial charge in [0.05, 0.1) is 19.8 Å². The molecule has 0 aromatic rings. The van der Waals surface area contributed by atoms with Crippen molar-refractivity contribution in [1.82, 2.24) is 15.3 Å². The molecule has 2 fully saturated rings. The van der Waals surface area contributed by atoms with Crippen LogP contribution in [-0.4, -0.2) is 61.8 Å². The number of rotatable bonds is 2. The van der Waals surface area contributed by atoms with Crippen molar-refractivity contribution >= 4 is 5.91 Å². The molecule has 2 saturated heterocycles. The average molecular weight is 227 g/mol. The van der Waals surface area contributed by atoms with Gasteiger partial charge in [-0.25, -0.2) is 5.01 Å². The van der Waals surface area contributed by atoms with Gasteiger partial charge >= 0.3 is 0 Å². The third kappa shape index (κ3) is 3.43. The number of hydrazine groups is 1. The molecule has 1 amide bonds. The summed E-state index contributed by atoms with van der Waals surface area (Å²) in [6.45, 7) is 5.32. The number of amides is 1. The van der Waals surface area contributed by atoms with E-state index in [0.29, 0.717) is 19.8 Å². The van der Waals surface area contributed by atoms with Crippen molar-refractivity contribution in [3.05, 3.63) is 0 Å². The summed E-state index contributed by atoms with van der Waals surface area (Å²) in [6.07, 6.45) is 3.65. The van der Waals surface area contributed by atoms with Crippen LogP contribution in [0, 0.1) is 0 Å². The number of carbonyl (C=O) groups excluding carboxylic acids is 1. The van der Waals surface area contributed by atoms with E-state index in [1.54, 1.807) is 0 Å². The van der Waals surface area contributed by atoms with E-state index in [9.17, 15) is 4.79 Å². The van der Waals surface area contributed by atoms with E-state index in [1.165, 1.54) is 19.3 Å². The number of nitrogens with zero attached hydrogens (tertiary/aromatic N) is 2. The van der Waals surface area contributed by atoms with Gasteiger partial charge in [0.2, 0.25) is 5.91 Å². The summed E-state index contributed by atoms with van der Waals surface area (Å²) in [5.74, 6) is 0.220. The van der Waals surface area contributed by atoms with E-state index >= 15 is 0 Å². The summed E-state index contributed by atoms with van der Waals surface area (Å²) in [5, 5.41) is 2.06. The molecule has 0 aromatic carbocycles. The van der Waals surface area contributed by atoms with Crippen LogP contribution in [0.1, 0.15) is 19.3 Å². The van der Waals surface area contributed by atoms with E-state index in [1.807, 2.05) is 4.90 Å². The molecule has 1 N–H and O–H groups in total. The molecule has 0 spiro atoms. The molecule has 5 heteroatoms. The van der Waals surface area contributed by atoms with Crippen molar-refractivity contribution in [2.75, 3.05) is 45.9 Å². The minimum atomic E-state index is 0.220. The lowest BCUT2D eigenvalue weighted by Crippen LogP contribution is -2.49. The molecule has 2 aliphatic heterocycles. The van der Waals surface area contributed by atoms with E-state index in [-0.39, 0.29) is 5.91 Å². The van der Waals surface area contributed by atoms with Gasteiger partial charge in [0.25, 0.3) is 0 Å². The molecular formula is C11H21N3O2. The topological polar surface area (TPSA) is 44.8 Å². The summed E-state index contributed by atoms with van der Waals surface area (Å²) in [5.41, 5.74) is 3.31. The summed E-state index contributed by atoms with van der Waals surface area (Å²) in [4.78, 5) is 13.9. The fourth-order valence-electron chi connectivity index (χ4n) is 2.13. The number of hydrogen-bond acceptors (Lipinski definition) is 4. The lowest BCUT2D eigenvalue weighted by atomic mass is 10.2. The normalized spacial score (nSPS) is 24.1. The van der Waals surface area contributed by atoms with Gasteiger partial charge in [0.1, 0.15) is 0 Å². The third-order valence-electron chi connectivity index (χ3n) is 3.13. The Hall–Kier alpha value is -0.650. The average Bonchev–Trinajstić information content (AvgIpc) is 2.59. The summed E-state index contributed by atoms with van der Waals surface area (Å²) in [7, 11) is 0. The van der Waals surface area contributed by atoms with Gasteiger partial charge in [-0.15, -0.1) is 0 Å². The second-order valence-corrected chi connectivity index (χ2v) is 4.38. The Kier molecular flexibility index (Phi) is 4.56. The Labute approximate surface area is 96.7 Å². The van der Waals surface area contributed by atoms with Crippen LogP contribution in [0.4, 0.5) is 0 Å². The van der Waals surface area contributed by atoms with Crippen LogP contribution < -0.4 is 5.43 Å². The van der Waals surface area contributed by atoms with E-state index in [0.717, 1.165) is 26.2 Å². The van der Waals surface area contributed by atoms with E-state index in [4.69, 9.17) is 4.74 Å². The first-order valence-electron chi connectivity index (χ1n) is 6.20. The predicted octanol–water partition coefficient (Wildman–Crippen LogP) is -0.164. The van der Waals surface area contributed by atoms with Crippen molar-refractivity contribution in [3.63, 3.8) is 0 Å². The monoisotopic (exact) mass is 227 g/mol. The highest BCUT2D eigenvalue weighted by Gasteiger charge is 2.19. The smallest absolute Gasteiger partial charge is 0.238 e. The minimum Gasteiger partial charge on any atom is -0.378 e. The van der Waals surface area contributed by atoms with Crippen LogP contribution in [0.15, 0.2) is 0 Å². The molecule has 2 aliphatic rings. The zero-order valence-electron chi connectivity index (χ0n) is 9.78. The second-order valence-electron chi connectivity index (χ2n) is 4.38. The predicted molar refractivity (Wildman–Crippen MR) is 60.8 cm³/mol. The Bertz CT molecular complexity index is 221. The largest absolute Gasteiger partial charge is 0.378 e. The summed E-state index contributed by atoms with van der Waals surface area (Å²) >= 11 is 0. The maximum absolute atomic E-state index is 12.0. The molecular weight excluding hydrogens is 206 g/mol. The van der Waals surface area contributed by atoms with Gasteiger partial charge in [-0.3, -0.25) is 10.2 Å². The van der Waals surface area contributed by atoms with Crippen LogP contribution in [0.2, 0.25) is 0 Å². The fraction of sp³-hybridized carbons (Fsp3) is 0.909. The third-order valence-corrected chi connectivity index (χ3v) is 3.13. The molecule has 2 rings (SSSR count). The van der Waals surface area contributed by atoms with Crippen molar-refractivity contribution in [2.24, 2.45) is 0 Å². The van der Waals surface area contributed by atoms with E-state index in [2.05, 4.69) is 10.4 Å². The lowest BCUT2D eigenvalue weighted by molar-refractivity contribution is -0.137. The summed E-state index contributed by atoms with van der Waals surface area (Å²) < 4.78 is 5.24. The fourth-order valence-corrected chi connectivity index (χ4v) is 2.13. The number of carbonyl (C=O) groups is 1. The summed E-state index contributed by atoms with van der Waals surface area (Å²) in [6, 6.07) is 0.